The van der Waals surface area contributed by atoms with Crippen LogP contribution in [0.15, 0.2) is 40.6 Å². The summed E-state index contributed by atoms with van der Waals surface area (Å²) in [5.41, 5.74) is 1.63. The van der Waals surface area contributed by atoms with Crippen LogP contribution in [0.1, 0.15) is 146 Å². The average Bonchev–Trinajstić information content (AvgIpc) is 3.38. The highest BCUT2D eigenvalue weighted by Gasteiger charge is 2.70. The second-order valence-electron chi connectivity index (χ2n) is 20.2. The van der Waals surface area contributed by atoms with Gasteiger partial charge in [-0.3, -0.25) is 24.2 Å². The van der Waals surface area contributed by atoms with Crippen LogP contribution in [0, 0.1) is 56.2 Å². The summed E-state index contributed by atoms with van der Waals surface area (Å²) < 4.78 is 6.16. The Labute approximate surface area is 318 Å². The predicted molar refractivity (Wildman–Crippen MR) is 208 cm³/mol. The highest BCUT2D eigenvalue weighted by molar-refractivity contribution is 6.01. The van der Waals surface area contributed by atoms with E-state index in [0.717, 1.165) is 75.5 Å². The number of carboxylic acid groups (broad SMARTS) is 1. The number of esters is 1. The lowest BCUT2D eigenvalue weighted by atomic mass is 9.33. The van der Waals surface area contributed by atoms with Gasteiger partial charge in [0, 0.05) is 29.2 Å². The number of Topliss-reactive ketones (excluding diaryl/α,β-unsaturated/α-hetero) is 1. The summed E-state index contributed by atoms with van der Waals surface area (Å²) in [4.78, 5) is 56.7. The van der Waals surface area contributed by atoms with E-state index in [-0.39, 0.29) is 63.8 Å². The number of amides is 1. The number of carbonyl (C=O) groups is 4. The molecule has 1 aliphatic heterocycles. The van der Waals surface area contributed by atoms with Gasteiger partial charge in [0.1, 0.15) is 6.10 Å². The van der Waals surface area contributed by atoms with Gasteiger partial charge in [-0.25, -0.2) is 0 Å². The SMILES string of the molecule is CC(C)C1=C2[C@H]3CC[C@H]4C(C)(CC[C@H]5C(C)(C)[C@@H](OC(=O)CC(C)(C)C(=O)O)CC[C@@]54C)[C@]3(C)CCC2(/C=C/C(=O)N[C@@H](C)C2=NC=CCC2)CC1=O. The minimum atomic E-state index is -1.17. The van der Waals surface area contributed by atoms with Gasteiger partial charge in [-0.15, -0.1) is 0 Å². The van der Waals surface area contributed by atoms with Crippen LogP contribution in [0.4, 0.5) is 0 Å². The van der Waals surface area contributed by atoms with E-state index in [1.807, 2.05) is 19.2 Å². The highest BCUT2D eigenvalue weighted by Crippen LogP contribution is 2.77. The van der Waals surface area contributed by atoms with Crippen molar-refractivity contribution in [3.8, 4) is 0 Å². The summed E-state index contributed by atoms with van der Waals surface area (Å²) in [6.07, 6.45) is 17.5. The number of ether oxygens (including phenoxy) is 1. The number of hydrogen-bond donors (Lipinski definition) is 2. The highest BCUT2D eigenvalue weighted by atomic mass is 16.5. The molecule has 0 aromatic carbocycles. The van der Waals surface area contributed by atoms with Crippen molar-refractivity contribution in [1.29, 1.82) is 0 Å². The van der Waals surface area contributed by atoms with Crippen LogP contribution in [-0.2, 0) is 23.9 Å². The first-order valence-corrected chi connectivity index (χ1v) is 20.5. The Morgan fingerprint density at radius 3 is 2.34 bits per heavy atom. The molecular formula is C45H66N2O6. The molecule has 2 unspecified atom stereocenters. The Hall–Kier alpha value is -3.03. The average molecular weight is 731 g/mol. The Kier molecular flexibility index (Phi) is 10.2. The molecule has 0 saturated heterocycles. The van der Waals surface area contributed by atoms with Crippen molar-refractivity contribution in [2.45, 2.75) is 158 Å². The number of aliphatic imine (C=N–C) groups is 1. The van der Waals surface area contributed by atoms with Gasteiger partial charge in [0.25, 0.3) is 0 Å². The molecule has 292 valence electrons. The molecule has 6 rings (SSSR count). The van der Waals surface area contributed by atoms with Gasteiger partial charge in [-0.2, -0.15) is 0 Å². The fourth-order valence-corrected chi connectivity index (χ4v) is 13.1. The molecule has 0 radical (unpaired) electrons. The summed E-state index contributed by atoms with van der Waals surface area (Å²) in [5, 5.41) is 12.7. The van der Waals surface area contributed by atoms with Gasteiger partial charge < -0.3 is 15.2 Å². The zero-order chi connectivity index (χ0) is 38.9. The monoisotopic (exact) mass is 730 g/mol. The fourth-order valence-electron chi connectivity index (χ4n) is 13.1. The molecule has 0 aromatic heterocycles. The molecule has 4 saturated carbocycles. The maximum atomic E-state index is 14.0. The van der Waals surface area contributed by atoms with Crippen molar-refractivity contribution in [2.24, 2.45) is 61.2 Å². The Bertz CT molecular complexity index is 1670. The number of hydrogen-bond acceptors (Lipinski definition) is 6. The third-order valence-electron chi connectivity index (χ3n) is 16.2. The number of fused-ring (bicyclic) bond motifs is 7. The molecule has 8 nitrogen and oxygen atoms in total. The second-order valence-corrected chi connectivity index (χ2v) is 20.2. The van der Waals surface area contributed by atoms with Gasteiger partial charge in [0.05, 0.1) is 17.9 Å². The number of nitrogens with zero attached hydrogens (tertiary/aromatic N) is 1. The first-order valence-electron chi connectivity index (χ1n) is 20.5. The van der Waals surface area contributed by atoms with Crippen LogP contribution in [0.25, 0.3) is 0 Å². The number of carboxylic acids is 1. The molecule has 0 spiro atoms. The Morgan fingerprint density at radius 1 is 0.981 bits per heavy atom. The van der Waals surface area contributed by atoms with E-state index >= 15 is 0 Å². The molecular weight excluding hydrogens is 665 g/mol. The van der Waals surface area contributed by atoms with Crippen LogP contribution < -0.4 is 5.32 Å². The van der Waals surface area contributed by atoms with Crippen molar-refractivity contribution in [3.63, 3.8) is 0 Å². The van der Waals surface area contributed by atoms with Crippen LogP contribution in [0.5, 0.6) is 0 Å². The first-order chi connectivity index (χ1) is 24.6. The quantitative estimate of drug-likeness (QED) is 0.180. The minimum Gasteiger partial charge on any atom is -0.481 e. The van der Waals surface area contributed by atoms with Gasteiger partial charge in [0.2, 0.25) is 5.91 Å². The predicted octanol–water partition coefficient (Wildman–Crippen LogP) is 9.19. The van der Waals surface area contributed by atoms with Gasteiger partial charge in [0.15, 0.2) is 5.78 Å². The summed E-state index contributed by atoms with van der Waals surface area (Å²) in [7, 11) is 0. The zero-order valence-corrected chi connectivity index (χ0v) is 34.2. The zero-order valence-electron chi connectivity index (χ0n) is 34.2. The lowest BCUT2D eigenvalue weighted by molar-refractivity contribution is -0.232. The molecule has 5 aliphatic carbocycles. The van der Waals surface area contributed by atoms with Crippen molar-refractivity contribution in [2.75, 3.05) is 0 Å². The number of carbonyl (C=O) groups excluding carboxylic acids is 3. The third-order valence-corrected chi connectivity index (χ3v) is 16.2. The van der Waals surface area contributed by atoms with Crippen LogP contribution >= 0.6 is 0 Å². The lowest BCUT2D eigenvalue weighted by Crippen LogP contribution is -2.65. The second kappa shape index (κ2) is 13.6. The number of ketones is 1. The van der Waals surface area contributed by atoms with E-state index in [1.54, 1.807) is 19.9 Å². The van der Waals surface area contributed by atoms with Crippen molar-refractivity contribution < 1.29 is 29.0 Å². The summed E-state index contributed by atoms with van der Waals surface area (Å²) in [6, 6.07) is -0.140. The summed E-state index contributed by atoms with van der Waals surface area (Å²) in [5.74, 6) is -0.0224. The smallest absolute Gasteiger partial charge is 0.309 e. The van der Waals surface area contributed by atoms with Gasteiger partial charge in [-0.05, 0) is 142 Å². The van der Waals surface area contributed by atoms with Crippen molar-refractivity contribution in [3.05, 3.63) is 35.6 Å². The number of aliphatic carboxylic acids is 1. The standard InChI is InChI=1S/C45H66N2O6/c1-27(2)37-31(48)25-45(21-18-35(49)47-28(3)30-13-11-12-24-46-30)23-22-43(9)29(38(37)45)14-15-33-42(8)19-17-34(53-36(50)26-40(4,5)39(51)52)41(6,7)32(42)16-20-44(33,43)10/h12,18,21,24,27-29,32-34H,11,13-17,19-20,22-23,25-26H2,1-10H3,(H,47,49)(H,51,52)/b21-18+/t28-,29+,32-,33+,34-,42-,43+,44?,45?/m0/s1. The van der Waals surface area contributed by atoms with E-state index in [2.05, 4.69) is 64.9 Å². The molecule has 4 fully saturated rings. The molecule has 6 aliphatic rings. The maximum Gasteiger partial charge on any atom is 0.309 e. The fraction of sp³-hybridized carbons (Fsp3) is 0.756. The summed E-state index contributed by atoms with van der Waals surface area (Å²) in [6.45, 7) is 21.6. The molecule has 0 bridgehead atoms. The van der Waals surface area contributed by atoms with Crippen molar-refractivity contribution >= 4 is 29.3 Å². The normalized spacial score (nSPS) is 38.4. The van der Waals surface area contributed by atoms with Gasteiger partial charge >= 0.3 is 11.9 Å². The first kappa shape index (κ1) is 39.7. The Balaban J connectivity index is 1.26. The Morgan fingerprint density at radius 2 is 1.70 bits per heavy atom. The van der Waals surface area contributed by atoms with E-state index in [1.165, 1.54) is 5.57 Å². The molecule has 1 amide bonds. The maximum absolute atomic E-state index is 14.0. The largest absolute Gasteiger partial charge is 0.481 e. The van der Waals surface area contributed by atoms with E-state index < -0.39 is 22.8 Å². The number of rotatable bonds is 9. The molecule has 1 heterocycles. The topological polar surface area (TPSA) is 122 Å². The summed E-state index contributed by atoms with van der Waals surface area (Å²) >= 11 is 0. The van der Waals surface area contributed by atoms with Gasteiger partial charge in [-0.1, -0.05) is 60.6 Å². The molecule has 0 aromatic rings. The lowest BCUT2D eigenvalue weighted by Gasteiger charge is -2.72. The third kappa shape index (κ3) is 6.40. The van der Waals surface area contributed by atoms with E-state index in [4.69, 9.17) is 4.74 Å². The van der Waals surface area contributed by atoms with Crippen LogP contribution in [0.3, 0.4) is 0 Å². The molecule has 2 N–H and O–H groups in total. The number of allylic oxidation sites excluding steroid dienone is 4. The van der Waals surface area contributed by atoms with Crippen molar-refractivity contribution in [1.82, 2.24) is 5.32 Å². The molecule has 9 atom stereocenters. The molecule has 8 heteroatoms. The number of nitrogens with one attached hydrogen (secondary N) is 1. The van der Waals surface area contributed by atoms with E-state index in [9.17, 15) is 24.3 Å². The minimum absolute atomic E-state index is 0.000614. The van der Waals surface area contributed by atoms with E-state index in [0.29, 0.717) is 18.3 Å². The van der Waals surface area contributed by atoms with Crippen LogP contribution in [-0.4, -0.2) is 46.6 Å². The van der Waals surface area contributed by atoms with Crippen LogP contribution in [0.2, 0.25) is 0 Å². The molecule has 53 heavy (non-hydrogen) atoms.